The van der Waals surface area contributed by atoms with Crippen molar-refractivity contribution >= 4 is 0 Å². The molecule has 4 heteroatoms. The summed E-state index contributed by atoms with van der Waals surface area (Å²) in [4.78, 5) is 8.57. The maximum atomic E-state index is 5.56. The smallest absolute Gasteiger partial charge is 0.316 e. The standard InChI is InChI=1S/C14H25N3O/c1-4-5-6-7-8-9-18-14-16-11-13(10-15-3)12(2)17-14/h11,15H,4-10H2,1-3H3. The number of rotatable bonds is 9. The minimum atomic E-state index is 0.503. The molecule has 0 saturated carbocycles. The van der Waals surface area contributed by atoms with Gasteiger partial charge in [0, 0.05) is 24.0 Å². The molecule has 0 spiro atoms. The predicted molar refractivity (Wildman–Crippen MR) is 73.8 cm³/mol. The Labute approximate surface area is 110 Å². The Kier molecular flexibility index (Phi) is 7.34. The molecule has 1 heterocycles. The lowest BCUT2D eigenvalue weighted by Gasteiger charge is -2.07. The van der Waals surface area contributed by atoms with Crippen molar-refractivity contribution < 1.29 is 4.74 Å². The first-order valence-electron chi connectivity index (χ1n) is 6.87. The fraction of sp³-hybridized carbons (Fsp3) is 0.714. The van der Waals surface area contributed by atoms with Crippen molar-refractivity contribution in [2.75, 3.05) is 13.7 Å². The number of nitrogens with one attached hydrogen (secondary N) is 1. The van der Waals surface area contributed by atoms with Gasteiger partial charge in [0.25, 0.3) is 0 Å². The summed E-state index contributed by atoms with van der Waals surface area (Å²) in [5.41, 5.74) is 2.10. The Morgan fingerprint density at radius 2 is 2.00 bits per heavy atom. The number of unbranched alkanes of at least 4 members (excludes halogenated alkanes) is 4. The lowest BCUT2D eigenvalue weighted by atomic mass is 10.2. The highest BCUT2D eigenvalue weighted by Gasteiger charge is 2.03. The second-order valence-electron chi connectivity index (χ2n) is 4.56. The maximum absolute atomic E-state index is 5.56. The van der Waals surface area contributed by atoms with Crippen LogP contribution < -0.4 is 10.1 Å². The van der Waals surface area contributed by atoms with Gasteiger partial charge in [0.1, 0.15) is 0 Å². The summed E-state index contributed by atoms with van der Waals surface area (Å²) in [5.74, 6) is 0. The summed E-state index contributed by atoms with van der Waals surface area (Å²) in [7, 11) is 1.92. The van der Waals surface area contributed by atoms with Gasteiger partial charge >= 0.3 is 6.01 Å². The topological polar surface area (TPSA) is 47.0 Å². The van der Waals surface area contributed by atoms with E-state index in [1.165, 1.54) is 25.7 Å². The van der Waals surface area contributed by atoms with Gasteiger partial charge in [0.05, 0.1) is 6.61 Å². The van der Waals surface area contributed by atoms with E-state index in [2.05, 4.69) is 22.2 Å². The Bertz CT molecular complexity index is 342. The third kappa shape index (κ3) is 5.45. The van der Waals surface area contributed by atoms with E-state index in [0.717, 1.165) is 24.2 Å². The van der Waals surface area contributed by atoms with Gasteiger partial charge in [-0.1, -0.05) is 32.6 Å². The molecule has 0 aliphatic carbocycles. The minimum Gasteiger partial charge on any atom is -0.463 e. The van der Waals surface area contributed by atoms with Crippen LogP contribution in [0.25, 0.3) is 0 Å². The molecule has 1 N–H and O–H groups in total. The Hall–Kier alpha value is -1.16. The highest BCUT2D eigenvalue weighted by Crippen LogP contribution is 2.09. The normalized spacial score (nSPS) is 10.6. The Morgan fingerprint density at radius 1 is 1.22 bits per heavy atom. The van der Waals surface area contributed by atoms with E-state index < -0.39 is 0 Å². The molecule has 0 saturated heterocycles. The molecule has 0 amide bonds. The first-order valence-corrected chi connectivity index (χ1v) is 6.87. The fourth-order valence-electron chi connectivity index (χ4n) is 1.77. The van der Waals surface area contributed by atoms with Crippen LogP contribution in [0.5, 0.6) is 6.01 Å². The van der Waals surface area contributed by atoms with Crippen molar-refractivity contribution in [3.8, 4) is 6.01 Å². The number of aryl methyl sites for hydroxylation is 1. The lowest BCUT2D eigenvalue weighted by molar-refractivity contribution is 0.280. The van der Waals surface area contributed by atoms with E-state index in [9.17, 15) is 0 Å². The number of nitrogens with zero attached hydrogens (tertiary/aromatic N) is 2. The summed E-state index contributed by atoms with van der Waals surface area (Å²) in [6.07, 6.45) is 8.03. The van der Waals surface area contributed by atoms with Gasteiger partial charge in [0.15, 0.2) is 0 Å². The molecule has 1 aromatic rings. The maximum Gasteiger partial charge on any atom is 0.316 e. The molecular formula is C14H25N3O. The summed E-state index contributed by atoms with van der Waals surface area (Å²) in [6, 6.07) is 0.503. The highest BCUT2D eigenvalue weighted by molar-refractivity contribution is 5.17. The monoisotopic (exact) mass is 251 g/mol. The van der Waals surface area contributed by atoms with Gasteiger partial charge in [-0.2, -0.15) is 0 Å². The van der Waals surface area contributed by atoms with Crippen LogP contribution in [0, 0.1) is 6.92 Å². The van der Waals surface area contributed by atoms with E-state index in [0.29, 0.717) is 12.6 Å². The molecule has 0 unspecified atom stereocenters. The molecule has 4 nitrogen and oxygen atoms in total. The molecular weight excluding hydrogens is 226 g/mol. The number of hydrogen-bond acceptors (Lipinski definition) is 4. The van der Waals surface area contributed by atoms with Crippen molar-refractivity contribution in [1.29, 1.82) is 0 Å². The summed E-state index contributed by atoms with van der Waals surface area (Å²) in [5, 5.41) is 3.10. The van der Waals surface area contributed by atoms with E-state index in [-0.39, 0.29) is 0 Å². The van der Waals surface area contributed by atoms with Crippen LogP contribution in [0.4, 0.5) is 0 Å². The number of aromatic nitrogens is 2. The van der Waals surface area contributed by atoms with Crippen molar-refractivity contribution in [3.05, 3.63) is 17.5 Å². The average Bonchev–Trinajstić information content (AvgIpc) is 2.37. The van der Waals surface area contributed by atoms with Crippen molar-refractivity contribution in [1.82, 2.24) is 15.3 Å². The first kappa shape index (κ1) is 14.9. The molecule has 0 aliphatic heterocycles. The molecule has 0 atom stereocenters. The van der Waals surface area contributed by atoms with Gasteiger partial charge in [-0.15, -0.1) is 0 Å². The third-order valence-corrected chi connectivity index (χ3v) is 2.91. The molecule has 0 aromatic carbocycles. The van der Waals surface area contributed by atoms with Crippen molar-refractivity contribution in [3.63, 3.8) is 0 Å². The molecule has 1 aromatic heterocycles. The van der Waals surface area contributed by atoms with Gasteiger partial charge in [-0.25, -0.2) is 9.97 Å². The molecule has 18 heavy (non-hydrogen) atoms. The fourth-order valence-corrected chi connectivity index (χ4v) is 1.77. The largest absolute Gasteiger partial charge is 0.463 e. The van der Waals surface area contributed by atoms with E-state index >= 15 is 0 Å². The number of hydrogen-bond donors (Lipinski definition) is 1. The summed E-state index contributed by atoms with van der Waals surface area (Å²) < 4.78 is 5.56. The van der Waals surface area contributed by atoms with Gasteiger partial charge in [0.2, 0.25) is 0 Å². The summed E-state index contributed by atoms with van der Waals surface area (Å²) in [6.45, 7) is 5.72. The van der Waals surface area contributed by atoms with Crippen LogP contribution in [-0.4, -0.2) is 23.6 Å². The zero-order valence-corrected chi connectivity index (χ0v) is 11.8. The van der Waals surface area contributed by atoms with Crippen LogP contribution in [0.15, 0.2) is 6.20 Å². The molecule has 0 radical (unpaired) electrons. The van der Waals surface area contributed by atoms with Crippen LogP contribution in [0.3, 0.4) is 0 Å². The zero-order valence-electron chi connectivity index (χ0n) is 11.8. The summed E-state index contributed by atoms with van der Waals surface area (Å²) >= 11 is 0. The van der Waals surface area contributed by atoms with Crippen LogP contribution in [0.2, 0.25) is 0 Å². The third-order valence-electron chi connectivity index (χ3n) is 2.91. The van der Waals surface area contributed by atoms with Crippen LogP contribution in [0.1, 0.15) is 50.3 Å². The van der Waals surface area contributed by atoms with E-state index in [4.69, 9.17) is 4.74 Å². The number of ether oxygens (including phenoxy) is 1. The quantitative estimate of drug-likeness (QED) is 0.686. The van der Waals surface area contributed by atoms with Gasteiger partial charge in [-0.05, 0) is 20.4 Å². The molecule has 102 valence electrons. The predicted octanol–water partition coefficient (Wildman–Crippen LogP) is 2.85. The van der Waals surface area contributed by atoms with Gasteiger partial charge in [-0.3, -0.25) is 0 Å². The van der Waals surface area contributed by atoms with Crippen LogP contribution in [-0.2, 0) is 6.54 Å². The molecule has 0 aliphatic rings. The van der Waals surface area contributed by atoms with Crippen molar-refractivity contribution in [2.45, 2.75) is 52.5 Å². The van der Waals surface area contributed by atoms with Crippen molar-refractivity contribution in [2.24, 2.45) is 0 Å². The van der Waals surface area contributed by atoms with E-state index in [1.54, 1.807) is 0 Å². The minimum absolute atomic E-state index is 0.503. The Balaban J connectivity index is 2.28. The highest BCUT2D eigenvalue weighted by atomic mass is 16.5. The van der Waals surface area contributed by atoms with E-state index in [1.807, 2.05) is 20.2 Å². The van der Waals surface area contributed by atoms with Gasteiger partial charge < -0.3 is 10.1 Å². The van der Waals surface area contributed by atoms with Crippen LogP contribution >= 0.6 is 0 Å². The molecule has 1 rings (SSSR count). The zero-order chi connectivity index (χ0) is 13.2. The Morgan fingerprint density at radius 3 is 2.67 bits per heavy atom. The lowest BCUT2D eigenvalue weighted by Crippen LogP contribution is -2.09. The first-order chi connectivity index (χ1) is 8.77. The molecule has 0 fully saturated rings. The second kappa shape index (κ2) is 8.86. The molecule has 0 bridgehead atoms. The average molecular weight is 251 g/mol. The second-order valence-corrected chi connectivity index (χ2v) is 4.56. The SMILES string of the molecule is CCCCCCCOc1ncc(CNC)c(C)n1.